The van der Waals surface area contributed by atoms with Crippen molar-refractivity contribution < 1.29 is 0 Å². The van der Waals surface area contributed by atoms with Gasteiger partial charge in [0.15, 0.2) is 0 Å². The van der Waals surface area contributed by atoms with Crippen molar-refractivity contribution in [3.05, 3.63) is 71.8 Å². The minimum absolute atomic E-state index is 0.339. The molecular weight excluding hydrogens is 332 g/mol. The summed E-state index contributed by atoms with van der Waals surface area (Å²) in [5, 5.41) is 3.45. The van der Waals surface area contributed by atoms with E-state index in [0.717, 1.165) is 43.0 Å². The highest BCUT2D eigenvalue weighted by molar-refractivity contribution is 5.65. The molecule has 1 unspecified atom stereocenters. The highest BCUT2D eigenvalue weighted by atomic mass is 15.2. The second kappa shape index (κ2) is 7.78. The standard InChI is InChI=1S/C23H26N4/c1-3-17(2)24-23-25-21(19-10-5-4-6-11-19)15-22(26-23)27-14-13-18-9-7-8-12-20(18)16-27/h4-12,15,17H,3,13-14,16H2,1-2H3,(H,24,25,26). The monoisotopic (exact) mass is 358 g/mol. The molecular formula is C23H26N4. The molecule has 0 radical (unpaired) electrons. The first-order valence-corrected chi connectivity index (χ1v) is 9.75. The average Bonchev–Trinajstić information content (AvgIpc) is 2.73. The molecule has 0 amide bonds. The number of nitrogens with zero attached hydrogens (tertiary/aromatic N) is 3. The summed E-state index contributed by atoms with van der Waals surface area (Å²) in [4.78, 5) is 12.0. The van der Waals surface area contributed by atoms with Crippen LogP contribution in [0.4, 0.5) is 11.8 Å². The highest BCUT2D eigenvalue weighted by Crippen LogP contribution is 2.27. The van der Waals surface area contributed by atoms with Crippen LogP contribution >= 0.6 is 0 Å². The van der Waals surface area contributed by atoms with E-state index in [2.05, 4.69) is 78.7 Å². The predicted molar refractivity (Wildman–Crippen MR) is 112 cm³/mol. The Labute approximate surface area is 161 Å². The summed E-state index contributed by atoms with van der Waals surface area (Å²) in [6.07, 6.45) is 2.08. The van der Waals surface area contributed by atoms with Crippen LogP contribution in [-0.4, -0.2) is 22.6 Å². The van der Waals surface area contributed by atoms with Gasteiger partial charge in [-0.05, 0) is 30.9 Å². The molecule has 4 heteroatoms. The van der Waals surface area contributed by atoms with E-state index in [-0.39, 0.29) is 0 Å². The third-order valence-corrected chi connectivity index (χ3v) is 5.22. The van der Waals surface area contributed by atoms with Gasteiger partial charge in [0, 0.05) is 30.8 Å². The van der Waals surface area contributed by atoms with Crippen molar-refractivity contribution in [1.82, 2.24) is 9.97 Å². The molecule has 4 rings (SSSR count). The summed E-state index contributed by atoms with van der Waals surface area (Å²) in [7, 11) is 0. The summed E-state index contributed by atoms with van der Waals surface area (Å²) >= 11 is 0. The second-order valence-electron chi connectivity index (χ2n) is 7.19. The van der Waals surface area contributed by atoms with Gasteiger partial charge in [0.1, 0.15) is 5.82 Å². The van der Waals surface area contributed by atoms with Crippen LogP contribution in [0.15, 0.2) is 60.7 Å². The Bertz CT molecular complexity index is 907. The van der Waals surface area contributed by atoms with Crippen molar-refractivity contribution in [2.45, 2.75) is 39.3 Å². The van der Waals surface area contributed by atoms with E-state index in [0.29, 0.717) is 12.0 Å². The van der Waals surface area contributed by atoms with Gasteiger partial charge in [-0.15, -0.1) is 0 Å². The molecule has 2 aromatic carbocycles. The van der Waals surface area contributed by atoms with Gasteiger partial charge >= 0.3 is 0 Å². The Morgan fingerprint density at radius 3 is 2.52 bits per heavy atom. The Morgan fingerprint density at radius 1 is 1.00 bits per heavy atom. The maximum absolute atomic E-state index is 4.85. The molecule has 27 heavy (non-hydrogen) atoms. The van der Waals surface area contributed by atoms with Crippen molar-refractivity contribution >= 4 is 11.8 Å². The zero-order valence-corrected chi connectivity index (χ0v) is 16.0. The molecule has 0 fully saturated rings. The number of hydrogen-bond acceptors (Lipinski definition) is 4. The molecule has 1 aromatic heterocycles. The van der Waals surface area contributed by atoms with Gasteiger partial charge < -0.3 is 10.2 Å². The van der Waals surface area contributed by atoms with E-state index in [1.165, 1.54) is 11.1 Å². The number of nitrogens with one attached hydrogen (secondary N) is 1. The highest BCUT2D eigenvalue weighted by Gasteiger charge is 2.19. The van der Waals surface area contributed by atoms with E-state index in [1.54, 1.807) is 0 Å². The van der Waals surface area contributed by atoms with Crippen molar-refractivity contribution in [2.75, 3.05) is 16.8 Å². The maximum atomic E-state index is 4.85. The maximum Gasteiger partial charge on any atom is 0.225 e. The van der Waals surface area contributed by atoms with Crippen LogP contribution in [-0.2, 0) is 13.0 Å². The molecule has 1 aliphatic rings. The molecule has 0 aliphatic carbocycles. The normalized spacial score (nSPS) is 14.5. The lowest BCUT2D eigenvalue weighted by atomic mass is 10.00. The molecule has 1 N–H and O–H groups in total. The number of fused-ring (bicyclic) bond motifs is 1. The molecule has 138 valence electrons. The molecule has 0 saturated heterocycles. The van der Waals surface area contributed by atoms with Crippen LogP contribution in [0.25, 0.3) is 11.3 Å². The molecule has 0 bridgehead atoms. The summed E-state index contributed by atoms with van der Waals surface area (Å²) in [6, 6.07) is 21.5. The lowest BCUT2D eigenvalue weighted by molar-refractivity contribution is 0.715. The first-order chi connectivity index (χ1) is 13.2. The summed E-state index contributed by atoms with van der Waals surface area (Å²) in [5.74, 6) is 1.70. The Morgan fingerprint density at radius 2 is 1.74 bits per heavy atom. The van der Waals surface area contributed by atoms with Gasteiger partial charge in [0.25, 0.3) is 0 Å². The first kappa shape index (κ1) is 17.5. The third kappa shape index (κ3) is 3.95. The van der Waals surface area contributed by atoms with Gasteiger partial charge in [-0.3, -0.25) is 0 Å². The zero-order chi connectivity index (χ0) is 18.6. The fourth-order valence-corrected chi connectivity index (χ4v) is 3.43. The predicted octanol–water partition coefficient (Wildman–Crippen LogP) is 4.92. The quantitative estimate of drug-likeness (QED) is 0.703. The van der Waals surface area contributed by atoms with Crippen LogP contribution in [0.3, 0.4) is 0 Å². The van der Waals surface area contributed by atoms with E-state index < -0.39 is 0 Å². The fourth-order valence-electron chi connectivity index (χ4n) is 3.43. The minimum atomic E-state index is 0.339. The zero-order valence-electron chi connectivity index (χ0n) is 16.0. The first-order valence-electron chi connectivity index (χ1n) is 9.75. The van der Waals surface area contributed by atoms with Crippen LogP contribution in [0.2, 0.25) is 0 Å². The van der Waals surface area contributed by atoms with Gasteiger partial charge in [0.2, 0.25) is 5.95 Å². The Hall–Kier alpha value is -2.88. The smallest absolute Gasteiger partial charge is 0.225 e. The van der Waals surface area contributed by atoms with E-state index in [1.807, 2.05) is 6.07 Å². The van der Waals surface area contributed by atoms with Crippen LogP contribution in [0, 0.1) is 0 Å². The third-order valence-electron chi connectivity index (χ3n) is 5.22. The van der Waals surface area contributed by atoms with Crippen molar-refractivity contribution in [2.24, 2.45) is 0 Å². The number of benzene rings is 2. The van der Waals surface area contributed by atoms with Crippen LogP contribution in [0.5, 0.6) is 0 Å². The largest absolute Gasteiger partial charge is 0.352 e. The average molecular weight is 358 g/mol. The van der Waals surface area contributed by atoms with Gasteiger partial charge in [-0.1, -0.05) is 61.5 Å². The fraction of sp³-hybridized carbons (Fsp3) is 0.304. The summed E-state index contributed by atoms with van der Waals surface area (Å²) < 4.78 is 0. The molecule has 1 atom stereocenters. The summed E-state index contributed by atoms with van der Waals surface area (Å²) in [5.41, 5.74) is 4.92. The number of rotatable bonds is 5. The van der Waals surface area contributed by atoms with Crippen molar-refractivity contribution in [1.29, 1.82) is 0 Å². The topological polar surface area (TPSA) is 41.1 Å². The van der Waals surface area contributed by atoms with Gasteiger partial charge in [0.05, 0.1) is 5.69 Å². The number of aromatic nitrogens is 2. The SMILES string of the molecule is CCC(C)Nc1nc(-c2ccccc2)cc(N2CCc3ccccc3C2)n1. The van der Waals surface area contributed by atoms with E-state index in [9.17, 15) is 0 Å². The minimum Gasteiger partial charge on any atom is -0.352 e. The second-order valence-corrected chi connectivity index (χ2v) is 7.19. The lowest BCUT2D eigenvalue weighted by Crippen LogP contribution is -2.31. The number of hydrogen-bond donors (Lipinski definition) is 1. The Balaban J connectivity index is 1.70. The number of anilines is 2. The van der Waals surface area contributed by atoms with Crippen LogP contribution < -0.4 is 10.2 Å². The van der Waals surface area contributed by atoms with Gasteiger partial charge in [-0.25, -0.2) is 4.98 Å². The van der Waals surface area contributed by atoms with E-state index in [4.69, 9.17) is 9.97 Å². The Kier molecular flexibility index (Phi) is 5.05. The molecule has 0 spiro atoms. The summed E-state index contributed by atoms with van der Waals surface area (Å²) in [6.45, 7) is 6.20. The van der Waals surface area contributed by atoms with Gasteiger partial charge in [-0.2, -0.15) is 4.98 Å². The molecule has 2 heterocycles. The lowest BCUT2D eigenvalue weighted by Gasteiger charge is -2.30. The molecule has 4 nitrogen and oxygen atoms in total. The van der Waals surface area contributed by atoms with Crippen molar-refractivity contribution in [3.63, 3.8) is 0 Å². The molecule has 3 aromatic rings. The van der Waals surface area contributed by atoms with Crippen LogP contribution in [0.1, 0.15) is 31.4 Å². The molecule has 0 saturated carbocycles. The molecule has 1 aliphatic heterocycles. The van der Waals surface area contributed by atoms with Crippen molar-refractivity contribution in [3.8, 4) is 11.3 Å². The van der Waals surface area contributed by atoms with E-state index >= 15 is 0 Å².